The van der Waals surface area contributed by atoms with E-state index in [-0.39, 0.29) is 18.1 Å². The van der Waals surface area contributed by atoms with E-state index in [0.29, 0.717) is 0 Å². The van der Waals surface area contributed by atoms with E-state index in [2.05, 4.69) is 29.0 Å². The lowest BCUT2D eigenvalue weighted by Crippen LogP contribution is -2.35. The van der Waals surface area contributed by atoms with Gasteiger partial charge < -0.3 is 14.6 Å². The summed E-state index contributed by atoms with van der Waals surface area (Å²) in [5, 5.41) is 4.14. The summed E-state index contributed by atoms with van der Waals surface area (Å²) in [5.74, 6) is 1.83. The van der Waals surface area contributed by atoms with Crippen LogP contribution in [0.5, 0.6) is 0 Å². The Kier molecular flexibility index (Phi) is 3.68. The summed E-state index contributed by atoms with van der Waals surface area (Å²) >= 11 is 5.52. The lowest BCUT2D eigenvalue weighted by Gasteiger charge is -2.29. The van der Waals surface area contributed by atoms with E-state index >= 15 is 0 Å². The predicted octanol–water partition coefficient (Wildman–Crippen LogP) is 3.36. The third-order valence-corrected chi connectivity index (χ3v) is 4.07. The number of hydrogen-bond donors (Lipinski definition) is 1. The van der Waals surface area contributed by atoms with Crippen molar-refractivity contribution >= 4 is 17.3 Å². The molecule has 1 aliphatic rings. The Balaban J connectivity index is 2.05. The Labute approximate surface area is 130 Å². The smallest absolute Gasteiger partial charge is 0.170 e. The fourth-order valence-corrected chi connectivity index (χ4v) is 3.29. The first-order chi connectivity index (χ1) is 10.1. The molecule has 0 amide bonds. The second-order valence-corrected chi connectivity index (χ2v) is 5.96. The van der Waals surface area contributed by atoms with Crippen molar-refractivity contribution in [3.8, 4) is 0 Å². The van der Waals surface area contributed by atoms with Gasteiger partial charge in [-0.15, -0.1) is 0 Å². The molecule has 1 fully saturated rings. The zero-order chi connectivity index (χ0) is 15.0. The normalized spacial score (nSPS) is 21.9. The molecule has 21 heavy (non-hydrogen) atoms. The van der Waals surface area contributed by atoms with Gasteiger partial charge in [0.05, 0.1) is 11.7 Å². The van der Waals surface area contributed by atoms with Crippen molar-refractivity contribution in [1.82, 2.24) is 15.2 Å². The quantitative estimate of drug-likeness (QED) is 0.880. The molecule has 4 nitrogen and oxygen atoms in total. The molecular weight excluding hydrogens is 282 g/mol. The van der Waals surface area contributed by atoms with Crippen LogP contribution >= 0.6 is 12.2 Å². The summed E-state index contributed by atoms with van der Waals surface area (Å²) in [6, 6.07) is 10.3. The highest BCUT2D eigenvalue weighted by molar-refractivity contribution is 7.80. The van der Waals surface area contributed by atoms with Gasteiger partial charge in [-0.1, -0.05) is 6.07 Å². The van der Waals surface area contributed by atoms with Crippen molar-refractivity contribution in [3.05, 3.63) is 53.7 Å². The number of hydrogen-bond acceptors (Lipinski definition) is 3. The number of thiocarbonyl (C=S) groups is 1. The van der Waals surface area contributed by atoms with Gasteiger partial charge in [0.25, 0.3) is 0 Å². The van der Waals surface area contributed by atoms with Crippen LogP contribution in [0, 0.1) is 6.92 Å². The zero-order valence-electron chi connectivity index (χ0n) is 12.4. The first-order valence-electron chi connectivity index (χ1n) is 7.14. The standard InChI is InChI=1S/C16H19N3OS/c1-10(2)19-15(13-8-7-11(3)20-13)14(18-16(19)21)12-6-4-5-9-17-12/h4-10,14-15H,1-3H3,(H,18,21)/t14-,15-/m1/s1. The summed E-state index contributed by atoms with van der Waals surface area (Å²) in [4.78, 5) is 6.67. The van der Waals surface area contributed by atoms with Crippen LogP contribution in [0.25, 0.3) is 0 Å². The maximum atomic E-state index is 5.88. The van der Waals surface area contributed by atoms with Crippen LogP contribution in [0.15, 0.2) is 40.9 Å². The molecule has 5 heteroatoms. The van der Waals surface area contributed by atoms with Crippen LogP contribution in [0.2, 0.25) is 0 Å². The minimum absolute atomic E-state index is 0.00616. The van der Waals surface area contributed by atoms with Gasteiger partial charge in [0.15, 0.2) is 5.11 Å². The Bertz CT molecular complexity index is 638. The SMILES string of the molecule is Cc1ccc([C@@H]2[C@@H](c3ccccn3)NC(=S)N2C(C)C)o1. The molecule has 3 rings (SSSR count). The Morgan fingerprint density at radius 3 is 2.67 bits per heavy atom. The van der Waals surface area contributed by atoms with Gasteiger partial charge in [-0.25, -0.2) is 0 Å². The highest BCUT2D eigenvalue weighted by Gasteiger charge is 2.42. The summed E-state index contributed by atoms with van der Waals surface area (Å²) in [6.07, 6.45) is 1.81. The fraction of sp³-hybridized carbons (Fsp3) is 0.375. The highest BCUT2D eigenvalue weighted by Crippen LogP contribution is 2.40. The van der Waals surface area contributed by atoms with Gasteiger partial charge in [0.2, 0.25) is 0 Å². The van der Waals surface area contributed by atoms with Crippen molar-refractivity contribution in [3.63, 3.8) is 0 Å². The fourth-order valence-electron chi connectivity index (χ4n) is 2.84. The first kappa shape index (κ1) is 14.1. The number of pyridine rings is 1. The van der Waals surface area contributed by atoms with Crippen LogP contribution < -0.4 is 5.32 Å². The van der Waals surface area contributed by atoms with Crippen LogP contribution in [-0.2, 0) is 0 Å². The van der Waals surface area contributed by atoms with Crippen molar-refractivity contribution in [1.29, 1.82) is 0 Å². The number of aromatic nitrogens is 1. The van der Waals surface area contributed by atoms with Crippen molar-refractivity contribution in [2.75, 3.05) is 0 Å². The molecule has 0 spiro atoms. The molecule has 1 saturated heterocycles. The van der Waals surface area contributed by atoms with E-state index in [1.807, 2.05) is 43.5 Å². The van der Waals surface area contributed by atoms with Crippen molar-refractivity contribution in [2.24, 2.45) is 0 Å². The minimum Gasteiger partial charge on any atom is -0.464 e. The van der Waals surface area contributed by atoms with Crippen molar-refractivity contribution < 1.29 is 4.42 Å². The van der Waals surface area contributed by atoms with Gasteiger partial charge >= 0.3 is 0 Å². The Hall–Kier alpha value is -1.88. The molecule has 0 aromatic carbocycles. The third kappa shape index (κ3) is 2.53. The molecule has 110 valence electrons. The highest BCUT2D eigenvalue weighted by atomic mass is 32.1. The van der Waals surface area contributed by atoms with Crippen LogP contribution in [-0.4, -0.2) is 21.0 Å². The molecule has 3 heterocycles. The molecule has 2 aromatic rings. The number of furan rings is 1. The molecule has 1 aliphatic heterocycles. The van der Waals surface area contributed by atoms with E-state index in [1.54, 1.807) is 0 Å². The number of aryl methyl sites for hydroxylation is 1. The Morgan fingerprint density at radius 1 is 1.29 bits per heavy atom. The average molecular weight is 301 g/mol. The summed E-state index contributed by atoms with van der Waals surface area (Å²) in [5.41, 5.74) is 0.974. The number of nitrogens with zero attached hydrogens (tertiary/aromatic N) is 2. The van der Waals surface area contributed by atoms with Gasteiger partial charge in [0.1, 0.15) is 17.6 Å². The zero-order valence-corrected chi connectivity index (χ0v) is 13.2. The van der Waals surface area contributed by atoms with Crippen molar-refractivity contribution in [2.45, 2.75) is 38.9 Å². The molecular formula is C16H19N3OS. The summed E-state index contributed by atoms with van der Waals surface area (Å²) < 4.78 is 5.88. The Morgan fingerprint density at radius 2 is 2.10 bits per heavy atom. The van der Waals surface area contributed by atoms with Gasteiger partial charge in [-0.3, -0.25) is 4.98 Å². The maximum Gasteiger partial charge on any atom is 0.170 e. The number of nitrogens with one attached hydrogen (secondary N) is 1. The summed E-state index contributed by atoms with van der Waals surface area (Å²) in [7, 11) is 0. The monoisotopic (exact) mass is 301 g/mol. The molecule has 0 aliphatic carbocycles. The topological polar surface area (TPSA) is 41.3 Å². The lowest BCUT2D eigenvalue weighted by molar-refractivity contribution is 0.233. The molecule has 2 atom stereocenters. The van der Waals surface area contributed by atoms with Crippen LogP contribution in [0.4, 0.5) is 0 Å². The van der Waals surface area contributed by atoms with E-state index in [1.165, 1.54) is 0 Å². The maximum absolute atomic E-state index is 5.88. The van der Waals surface area contributed by atoms with Gasteiger partial charge in [-0.2, -0.15) is 0 Å². The molecule has 2 aromatic heterocycles. The molecule has 0 unspecified atom stereocenters. The van der Waals surface area contributed by atoms with E-state index in [4.69, 9.17) is 16.6 Å². The second-order valence-electron chi connectivity index (χ2n) is 5.58. The van der Waals surface area contributed by atoms with Gasteiger partial charge in [-0.05, 0) is 57.3 Å². The van der Waals surface area contributed by atoms with Crippen LogP contribution in [0.3, 0.4) is 0 Å². The first-order valence-corrected chi connectivity index (χ1v) is 7.55. The molecule has 0 saturated carbocycles. The van der Waals surface area contributed by atoms with E-state index in [9.17, 15) is 0 Å². The second kappa shape index (κ2) is 5.48. The van der Waals surface area contributed by atoms with E-state index < -0.39 is 0 Å². The number of rotatable bonds is 3. The van der Waals surface area contributed by atoms with E-state index in [0.717, 1.165) is 22.3 Å². The largest absolute Gasteiger partial charge is 0.464 e. The van der Waals surface area contributed by atoms with Crippen LogP contribution in [0.1, 0.15) is 43.1 Å². The minimum atomic E-state index is 0.00616. The van der Waals surface area contributed by atoms with Gasteiger partial charge in [0, 0.05) is 12.2 Å². The third-order valence-electron chi connectivity index (χ3n) is 3.74. The summed E-state index contributed by atoms with van der Waals surface area (Å²) in [6.45, 7) is 6.23. The lowest BCUT2D eigenvalue weighted by atomic mass is 10.0. The predicted molar refractivity (Wildman–Crippen MR) is 85.9 cm³/mol. The molecule has 1 N–H and O–H groups in total. The molecule has 0 bridgehead atoms. The average Bonchev–Trinajstić information content (AvgIpc) is 3.03. The molecule has 0 radical (unpaired) electrons.